The van der Waals surface area contributed by atoms with Crippen LogP contribution in [0.1, 0.15) is 109 Å². The van der Waals surface area contributed by atoms with Crippen molar-refractivity contribution in [3.8, 4) is 0 Å². The average Bonchev–Trinajstić information content (AvgIpc) is 4.16. The zero-order valence-corrected chi connectivity index (χ0v) is 33.7. The molecule has 5 saturated carbocycles. The number of amides is 2. The smallest absolute Gasteiger partial charge is 0.327 e. The molecule has 2 amide bonds. The zero-order valence-electron chi connectivity index (χ0n) is 33.7. The molecule has 10 fully saturated rings. The van der Waals surface area contributed by atoms with Crippen molar-refractivity contribution < 1.29 is 43.3 Å². The summed E-state index contributed by atoms with van der Waals surface area (Å²) in [4.78, 5) is 52.1. The van der Waals surface area contributed by atoms with E-state index in [1.807, 2.05) is 6.07 Å². The predicted octanol–water partition coefficient (Wildman–Crippen LogP) is 4.66. The molecule has 57 heavy (non-hydrogen) atoms. The summed E-state index contributed by atoms with van der Waals surface area (Å²) in [5.41, 5.74) is 2.55. The van der Waals surface area contributed by atoms with Gasteiger partial charge in [0.15, 0.2) is 11.8 Å². The second-order valence-electron chi connectivity index (χ2n) is 20.1. The van der Waals surface area contributed by atoms with Gasteiger partial charge in [-0.3, -0.25) is 19.2 Å². The number of fused-ring (bicyclic) bond motifs is 6. The fourth-order valence-electron chi connectivity index (χ4n) is 12.9. The van der Waals surface area contributed by atoms with E-state index in [1.165, 1.54) is 18.4 Å². The van der Waals surface area contributed by atoms with Crippen molar-refractivity contribution >= 4 is 23.9 Å². The summed E-state index contributed by atoms with van der Waals surface area (Å²) in [7, 11) is 0. The Morgan fingerprint density at radius 2 is 1.74 bits per heavy atom. The van der Waals surface area contributed by atoms with Crippen LogP contribution in [0.3, 0.4) is 0 Å². The highest BCUT2D eigenvalue weighted by atomic mass is 16.8. The molecule has 11 rings (SSSR count). The Kier molecular flexibility index (Phi) is 8.51. The molecule has 0 spiro atoms. The normalized spacial score (nSPS) is 43.2. The molecule has 1 aromatic carbocycles. The van der Waals surface area contributed by atoms with Crippen molar-refractivity contribution in [2.45, 2.75) is 158 Å². The van der Waals surface area contributed by atoms with E-state index in [4.69, 9.17) is 23.8 Å². The maximum atomic E-state index is 15.4. The lowest BCUT2D eigenvalue weighted by molar-refractivity contribution is -0.235. The Hall–Kier alpha value is -2.87. The first kappa shape index (κ1) is 37.2. The highest BCUT2D eigenvalue weighted by molar-refractivity contribution is 5.96. The lowest BCUT2D eigenvalue weighted by atomic mass is 9.52. The molecule has 11 atom stereocenters. The molecule has 5 saturated heterocycles. The van der Waals surface area contributed by atoms with Crippen molar-refractivity contribution in [2.24, 2.45) is 34.5 Å². The molecule has 12 heteroatoms. The number of epoxide rings is 1. The molecular weight excluding hydrogens is 727 g/mol. The van der Waals surface area contributed by atoms with Gasteiger partial charge in [0.2, 0.25) is 11.8 Å². The minimum atomic E-state index is -1.33. The average molecular weight is 786 g/mol. The first-order valence-electron chi connectivity index (χ1n) is 22.1. The van der Waals surface area contributed by atoms with Gasteiger partial charge in [0.25, 0.3) is 0 Å². The Balaban J connectivity index is 0.949. The fraction of sp³-hybridized carbons (Fsp3) is 0.756. The van der Waals surface area contributed by atoms with Gasteiger partial charge in [0, 0.05) is 31.3 Å². The largest absolute Gasteiger partial charge is 0.458 e. The summed E-state index contributed by atoms with van der Waals surface area (Å²) in [6.45, 7) is 7.70. The first-order chi connectivity index (χ1) is 27.5. The Labute approximate surface area is 335 Å². The number of hydrogen-bond donors (Lipinski definition) is 2. The summed E-state index contributed by atoms with van der Waals surface area (Å²) in [6.07, 6.45) is 11.1. The highest BCUT2D eigenvalue weighted by Crippen LogP contribution is 2.65. The SMILES string of the molecule is CC1(C)C[C@@H]2C(=Cc3ccccc3CN3O[C@@H]4[C@H]5OC(C6CC6)(C6CC6)O[C@H]5[C@@H]5C[C@]4(C(=O)N4CCC[C@@H]4C(=O)NCCO)[C@@H]3C(=O)O5)CCC3O[C@]3(C)CC[C@H]21. The number of carbonyl (C=O) groups is 3. The Morgan fingerprint density at radius 1 is 0.965 bits per heavy atom. The number of allylic oxidation sites excluding steroid dienone is 1. The number of carbonyl (C=O) groups excluding carboxylic acids is 3. The van der Waals surface area contributed by atoms with Gasteiger partial charge in [-0.2, -0.15) is 5.06 Å². The molecule has 5 heterocycles. The van der Waals surface area contributed by atoms with Gasteiger partial charge in [-0.25, -0.2) is 0 Å². The van der Waals surface area contributed by atoms with E-state index in [9.17, 15) is 14.7 Å². The van der Waals surface area contributed by atoms with Crippen LogP contribution in [-0.2, 0) is 44.7 Å². The Morgan fingerprint density at radius 3 is 2.49 bits per heavy atom. The maximum absolute atomic E-state index is 15.4. The first-order valence-corrected chi connectivity index (χ1v) is 22.1. The van der Waals surface area contributed by atoms with Crippen molar-refractivity contribution in [3.05, 3.63) is 41.0 Å². The zero-order chi connectivity index (χ0) is 39.1. The van der Waals surface area contributed by atoms with Crippen LogP contribution < -0.4 is 5.32 Å². The highest BCUT2D eigenvalue weighted by Gasteiger charge is 2.78. The molecule has 2 bridgehead atoms. The molecular formula is C45H59N3O9. The summed E-state index contributed by atoms with van der Waals surface area (Å²) in [5, 5.41) is 13.9. The van der Waals surface area contributed by atoms with E-state index in [1.54, 1.807) is 9.96 Å². The van der Waals surface area contributed by atoms with Gasteiger partial charge >= 0.3 is 5.97 Å². The van der Waals surface area contributed by atoms with E-state index in [2.05, 4.69) is 50.4 Å². The minimum Gasteiger partial charge on any atom is -0.458 e. The second kappa shape index (κ2) is 13.1. The third kappa shape index (κ3) is 5.70. The summed E-state index contributed by atoms with van der Waals surface area (Å²) in [6, 6.07) is 6.64. The van der Waals surface area contributed by atoms with Crippen LogP contribution in [0, 0.1) is 34.5 Å². The summed E-state index contributed by atoms with van der Waals surface area (Å²) < 4.78 is 26.7. The molecule has 10 aliphatic rings. The number of hydroxylamine groups is 2. The number of nitrogens with one attached hydrogen (secondary N) is 1. The van der Waals surface area contributed by atoms with Crippen LogP contribution in [0.2, 0.25) is 0 Å². The maximum Gasteiger partial charge on any atom is 0.327 e. The van der Waals surface area contributed by atoms with Gasteiger partial charge in [-0.15, -0.1) is 0 Å². The number of esters is 1. The summed E-state index contributed by atoms with van der Waals surface area (Å²) in [5.74, 6) is -0.0776. The monoisotopic (exact) mass is 785 g/mol. The number of nitrogens with zero attached hydrogens (tertiary/aromatic N) is 2. The van der Waals surface area contributed by atoms with E-state index in [-0.39, 0.29) is 55.4 Å². The number of aliphatic hydroxyl groups is 1. The molecule has 5 aliphatic heterocycles. The second-order valence-corrected chi connectivity index (χ2v) is 20.1. The van der Waals surface area contributed by atoms with Crippen LogP contribution in [-0.4, -0.2) is 107 Å². The lowest BCUT2D eigenvalue weighted by Gasteiger charge is -2.53. The number of hydrogen-bond acceptors (Lipinski definition) is 10. The molecule has 0 aromatic heterocycles. The van der Waals surface area contributed by atoms with Crippen LogP contribution in [0.25, 0.3) is 6.08 Å². The number of ether oxygens (including phenoxy) is 4. The fourth-order valence-corrected chi connectivity index (χ4v) is 12.9. The lowest BCUT2D eigenvalue weighted by Crippen LogP contribution is -2.70. The molecule has 12 nitrogen and oxygen atoms in total. The van der Waals surface area contributed by atoms with Gasteiger partial charge < -0.3 is 34.3 Å². The molecule has 2 N–H and O–H groups in total. The van der Waals surface area contributed by atoms with Gasteiger partial charge in [0.1, 0.15) is 35.9 Å². The van der Waals surface area contributed by atoms with Crippen LogP contribution in [0.15, 0.2) is 29.8 Å². The van der Waals surface area contributed by atoms with Crippen molar-refractivity contribution in [2.75, 3.05) is 19.7 Å². The van der Waals surface area contributed by atoms with Crippen LogP contribution in [0.5, 0.6) is 0 Å². The molecule has 1 aromatic rings. The topological polar surface area (TPSA) is 139 Å². The van der Waals surface area contributed by atoms with E-state index in [0.717, 1.165) is 56.1 Å². The molecule has 0 radical (unpaired) electrons. The van der Waals surface area contributed by atoms with Gasteiger partial charge in [-0.1, -0.05) is 49.8 Å². The molecule has 1 unspecified atom stereocenters. The third-order valence-electron chi connectivity index (χ3n) is 16.2. The van der Waals surface area contributed by atoms with Gasteiger partial charge in [-0.05, 0) is 106 Å². The number of aliphatic hydroxyl groups excluding tert-OH is 1. The Bertz CT molecular complexity index is 1860. The van der Waals surface area contributed by atoms with E-state index < -0.39 is 53.7 Å². The summed E-state index contributed by atoms with van der Waals surface area (Å²) >= 11 is 0. The van der Waals surface area contributed by atoms with Crippen LogP contribution in [0.4, 0.5) is 0 Å². The van der Waals surface area contributed by atoms with Crippen molar-refractivity contribution in [1.82, 2.24) is 15.3 Å². The van der Waals surface area contributed by atoms with Crippen LogP contribution >= 0.6 is 0 Å². The predicted molar refractivity (Wildman–Crippen MR) is 205 cm³/mol. The quantitative estimate of drug-likeness (QED) is 0.269. The minimum absolute atomic E-state index is 0.0107. The standard InChI is InChI=1S/C45H59N3O9/c1-42(2)22-30-26(10-15-34-43(3,54-34)17-16-31(30)42)21-25-7-4-5-8-27(25)24-48-37-40(51)53-33-23-44(37,41(52)47-19-6-9-32(47)39(50)46-18-20-49)38(57-48)36-35(33)55-45(56-36,28-11-12-28)29-13-14-29/h4-5,7-8,21,28-38,49H,6,9-20,22-24H2,1-3H3,(H,46,50)/t30-,31-,32-,33+,34?,35+,36+,37+,38-,43-,44+/m1/s1. The third-order valence-corrected chi connectivity index (χ3v) is 16.2. The van der Waals surface area contributed by atoms with Crippen molar-refractivity contribution in [1.29, 1.82) is 0 Å². The molecule has 5 aliphatic carbocycles. The number of benzene rings is 1. The van der Waals surface area contributed by atoms with E-state index in [0.29, 0.717) is 42.7 Å². The number of likely N-dealkylation sites (tertiary alicyclic amines) is 1. The van der Waals surface area contributed by atoms with Gasteiger partial charge in [0.05, 0.1) is 24.9 Å². The molecule has 308 valence electrons. The number of rotatable bonds is 9. The van der Waals surface area contributed by atoms with Crippen molar-refractivity contribution in [3.63, 3.8) is 0 Å². The van der Waals surface area contributed by atoms with E-state index >= 15 is 4.79 Å².